The zero-order valence-electron chi connectivity index (χ0n) is 12.8. The molecule has 25 heavy (non-hydrogen) atoms. The fourth-order valence-corrected chi connectivity index (χ4v) is 2.32. The van der Waals surface area contributed by atoms with Gasteiger partial charge >= 0.3 is 5.97 Å². The lowest BCUT2D eigenvalue weighted by Crippen LogP contribution is -2.34. The van der Waals surface area contributed by atoms with Crippen LogP contribution in [-0.4, -0.2) is 66.8 Å². The van der Waals surface area contributed by atoms with Crippen LogP contribution in [0.3, 0.4) is 0 Å². The van der Waals surface area contributed by atoms with E-state index in [-0.39, 0.29) is 18.0 Å². The van der Waals surface area contributed by atoms with E-state index in [0.29, 0.717) is 0 Å². The molecule has 1 aliphatic rings. The van der Waals surface area contributed by atoms with Crippen LogP contribution in [0.4, 0.5) is 0 Å². The van der Waals surface area contributed by atoms with Crippen LogP contribution >= 0.6 is 0 Å². The van der Waals surface area contributed by atoms with E-state index in [0.717, 1.165) is 11.0 Å². The molecule has 0 aromatic carbocycles. The molecule has 0 spiro atoms. The highest BCUT2D eigenvalue weighted by Gasteiger charge is 2.45. The number of hydrogen-bond donors (Lipinski definition) is 3. The maximum atomic E-state index is 11.9. The van der Waals surface area contributed by atoms with Gasteiger partial charge in [-0.15, -0.1) is 5.10 Å². The van der Waals surface area contributed by atoms with E-state index < -0.39 is 36.4 Å². The van der Waals surface area contributed by atoms with Gasteiger partial charge in [0, 0.05) is 12.4 Å². The predicted molar refractivity (Wildman–Crippen MR) is 79.0 cm³/mol. The van der Waals surface area contributed by atoms with Crippen LogP contribution in [0.15, 0.2) is 30.9 Å². The molecule has 2 aromatic rings. The minimum Gasteiger partial charge on any atom is -0.459 e. The first-order valence-corrected chi connectivity index (χ1v) is 7.27. The lowest BCUT2D eigenvalue weighted by atomic mass is 10.1. The molecule has 0 aliphatic carbocycles. The summed E-state index contributed by atoms with van der Waals surface area (Å²) in [6, 6.07) is 3.11. The average Bonchev–Trinajstić information content (AvgIpc) is 3.20. The molecule has 1 saturated heterocycles. The van der Waals surface area contributed by atoms with Crippen molar-refractivity contribution in [2.24, 2.45) is 5.73 Å². The van der Waals surface area contributed by atoms with Crippen LogP contribution in [0.2, 0.25) is 0 Å². The molecule has 11 heteroatoms. The van der Waals surface area contributed by atoms with Crippen molar-refractivity contribution < 1.29 is 29.3 Å². The Morgan fingerprint density at radius 3 is 2.80 bits per heavy atom. The fourth-order valence-electron chi connectivity index (χ4n) is 2.32. The van der Waals surface area contributed by atoms with Crippen molar-refractivity contribution in [3.8, 4) is 0 Å². The molecule has 0 saturated carbocycles. The molecule has 3 rings (SSSR count). The molecule has 2 aromatic heterocycles. The van der Waals surface area contributed by atoms with Crippen molar-refractivity contribution in [2.75, 3.05) is 6.61 Å². The van der Waals surface area contributed by atoms with Gasteiger partial charge in [0.15, 0.2) is 6.23 Å². The van der Waals surface area contributed by atoms with Gasteiger partial charge in [-0.1, -0.05) is 0 Å². The summed E-state index contributed by atoms with van der Waals surface area (Å²) in [6.07, 6.45) is -0.769. The van der Waals surface area contributed by atoms with Crippen LogP contribution < -0.4 is 5.73 Å². The molecule has 3 heterocycles. The first-order valence-electron chi connectivity index (χ1n) is 7.27. The Labute approximate surface area is 141 Å². The first kappa shape index (κ1) is 17.0. The Hall–Kier alpha value is -2.89. The zero-order valence-corrected chi connectivity index (χ0v) is 12.8. The van der Waals surface area contributed by atoms with Crippen LogP contribution in [0, 0.1) is 0 Å². The van der Waals surface area contributed by atoms with Gasteiger partial charge in [-0.05, 0) is 12.1 Å². The van der Waals surface area contributed by atoms with Gasteiger partial charge in [-0.3, -0.25) is 9.78 Å². The van der Waals surface area contributed by atoms with Gasteiger partial charge in [0.1, 0.15) is 31.2 Å². The Balaban J connectivity index is 1.63. The summed E-state index contributed by atoms with van der Waals surface area (Å²) < 4.78 is 11.6. The third-order valence-electron chi connectivity index (χ3n) is 3.60. The SMILES string of the molecule is NC(=O)c1ncn([C@@H]2O[C@H](COC(=O)c3cccnc3)[C@@H](O)[C@H]2O)n1. The number of nitrogens with two attached hydrogens (primary N) is 1. The van der Waals surface area contributed by atoms with E-state index in [1.54, 1.807) is 6.07 Å². The standard InChI is InChI=1S/C14H15N5O6/c15-11(22)12-17-6-19(18-12)13-10(21)9(20)8(25-13)5-24-14(23)7-2-1-3-16-4-7/h1-4,6,8-10,13,20-21H,5H2,(H2,15,22)/t8-,9-,10-,13-/m1/s1. The highest BCUT2D eigenvalue weighted by Crippen LogP contribution is 2.29. The molecule has 1 fully saturated rings. The van der Waals surface area contributed by atoms with Crippen molar-refractivity contribution in [1.29, 1.82) is 0 Å². The van der Waals surface area contributed by atoms with Crippen molar-refractivity contribution in [1.82, 2.24) is 19.7 Å². The number of amides is 1. The number of aromatic nitrogens is 4. The fraction of sp³-hybridized carbons (Fsp3) is 0.357. The second-order valence-electron chi connectivity index (χ2n) is 5.30. The van der Waals surface area contributed by atoms with Crippen molar-refractivity contribution >= 4 is 11.9 Å². The molecular formula is C14H15N5O6. The molecule has 11 nitrogen and oxygen atoms in total. The number of rotatable bonds is 5. The molecule has 1 aliphatic heterocycles. The van der Waals surface area contributed by atoms with E-state index in [2.05, 4.69) is 15.1 Å². The van der Waals surface area contributed by atoms with E-state index in [9.17, 15) is 19.8 Å². The van der Waals surface area contributed by atoms with E-state index in [1.165, 1.54) is 18.5 Å². The molecule has 0 bridgehead atoms. The van der Waals surface area contributed by atoms with Gasteiger partial charge in [-0.25, -0.2) is 14.5 Å². The van der Waals surface area contributed by atoms with Gasteiger partial charge in [-0.2, -0.15) is 0 Å². The molecule has 0 unspecified atom stereocenters. The number of pyridine rings is 1. The number of carbonyl (C=O) groups excluding carboxylic acids is 2. The normalized spacial score (nSPS) is 25.7. The summed E-state index contributed by atoms with van der Waals surface area (Å²) >= 11 is 0. The van der Waals surface area contributed by atoms with E-state index in [4.69, 9.17) is 15.2 Å². The zero-order chi connectivity index (χ0) is 18.0. The van der Waals surface area contributed by atoms with Gasteiger partial charge < -0.3 is 25.4 Å². The van der Waals surface area contributed by atoms with Crippen LogP contribution in [-0.2, 0) is 9.47 Å². The Bertz CT molecular complexity index is 766. The predicted octanol–water partition coefficient (Wildman–Crippen LogP) is -1.75. The highest BCUT2D eigenvalue weighted by atomic mass is 16.6. The van der Waals surface area contributed by atoms with Gasteiger partial charge in [0.05, 0.1) is 5.56 Å². The lowest BCUT2D eigenvalue weighted by molar-refractivity contribution is -0.0632. The number of carbonyl (C=O) groups is 2. The Kier molecular flexibility index (Phi) is 4.70. The van der Waals surface area contributed by atoms with E-state index in [1.807, 2.05) is 0 Å². The van der Waals surface area contributed by atoms with E-state index >= 15 is 0 Å². The van der Waals surface area contributed by atoms with Crippen molar-refractivity contribution in [3.63, 3.8) is 0 Å². The second kappa shape index (κ2) is 6.93. The first-order chi connectivity index (χ1) is 12.0. The molecule has 132 valence electrons. The molecule has 0 radical (unpaired) electrons. The second-order valence-corrected chi connectivity index (χ2v) is 5.30. The number of aliphatic hydroxyl groups is 2. The number of nitrogens with zero attached hydrogens (tertiary/aromatic N) is 4. The third-order valence-corrected chi connectivity index (χ3v) is 3.60. The summed E-state index contributed by atoms with van der Waals surface area (Å²) in [5, 5.41) is 23.9. The summed E-state index contributed by atoms with van der Waals surface area (Å²) in [4.78, 5) is 30.4. The number of esters is 1. The smallest absolute Gasteiger partial charge is 0.339 e. The van der Waals surface area contributed by atoms with Crippen LogP contribution in [0.25, 0.3) is 0 Å². The molecule has 4 atom stereocenters. The summed E-state index contributed by atoms with van der Waals surface area (Å²) in [5.41, 5.74) is 5.30. The van der Waals surface area contributed by atoms with Crippen molar-refractivity contribution in [2.45, 2.75) is 24.5 Å². The van der Waals surface area contributed by atoms with Gasteiger partial charge in [0.2, 0.25) is 5.82 Å². The quantitative estimate of drug-likeness (QED) is 0.531. The van der Waals surface area contributed by atoms with Gasteiger partial charge in [0.25, 0.3) is 5.91 Å². The minimum absolute atomic E-state index is 0.245. The van der Waals surface area contributed by atoms with Crippen LogP contribution in [0.5, 0.6) is 0 Å². The number of hydrogen-bond acceptors (Lipinski definition) is 9. The minimum atomic E-state index is -1.36. The maximum Gasteiger partial charge on any atom is 0.339 e. The number of primary amides is 1. The Morgan fingerprint density at radius 1 is 1.36 bits per heavy atom. The number of ether oxygens (including phenoxy) is 2. The Morgan fingerprint density at radius 2 is 2.16 bits per heavy atom. The maximum absolute atomic E-state index is 11.9. The average molecular weight is 349 g/mol. The van der Waals surface area contributed by atoms with Crippen LogP contribution in [0.1, 0.15) is 27.2 Å². The molecular weight excluding hydrogens is 334 g/mol. The molecule has 4 N–H and O–H groups in total. The monoisotopic (exact) mass is 349 g/mol. The summed E-state index contributed by atoms with van der Waals surface area (Å²) in [6.45, 7) is -0.292. The van der Waals surface area contributed by atoms with Crippen molar-refractivity contribution in [3.05, 3.63) is 42.2 Å². The number of aliphatic hydroxyl groups excluding tert-OH is 2. The lowest BCUT2D eigenvalue weighted by Gasteiger charge is -2.14. The molecule has 1 amide bonds. The third kappa shape index (κ3) is 3.47. The largest absolute Gasteiger partial charge is 0.459 e. The summed E-state index contributed by atoms with van der Waals surface area (Å²) in [5.74, 6) is -1.73. The topological polar surface area (TPSA) is 163 Å². The highest BCUT2D eigenvalue weighted by molar-refractivity contribution is 5.89. The summed E-state index contributed by atoms with van der Waals surface area (Å²) in [7, 11) is 0.